The van der Waals surface area contributed by atoms with Gasteiger partial charge in [-0.2, -0.15) is 0 Å². The molecular weight excluding hydrogens is 238 g/mol. The van der Waals surface area contributed by atoms with Crippen LogP contribution in [0.1, 0.15) is 30.1 Å². The van der Waals surface area contributed by atoms with E-state index in [0.29, 0.717) is 0 Å². The third kappa shape index (κ3) is 2.85. The zero-order chi connectivity index (χ0) is 13.2. The van der Waals surface area contributed by atoms with E-state index in [4.69, 9.17) is 0 Å². The monoisotopic (exact) mass is 254 g/mol. The van der Waals surface area contributed by atoms with Gasteiger partial charge < -0.3 is 10.6 Å². The SMILES string of the molecule is CC1(NC(=O)c2cc(F)ccc2F)CCNCC1. The molecule has 5 heteroatoms. The minimum Gasteiger partial charge on any atom is -0.347 e. The van der Waals surface area contributed by atoms with E-state index in [2.05, 4.69) is 10.6 Å². The summed E-state index contributed by atoms with van der Waals surface area (Å²) in [5.74, 6) is -1.88. The Morgan fingerprint density at radius 3 is 2.67 bits per heavy atom. The Hall–Kier alpha value is -1.49. The Labute approximate surface area is 105 Å². The molecule has 98 valence electrons. The highest BCUT2D eigenvalue weighted by Gasteiger charge is 2.29. The summed E-state index contributed by atoms with van der Waals surface area (Å²) in [4.78, 5) is 12.0. The van der Waals surface area contributed by atoms with Gasteiger partial charge in [0.2, 0.25) is 0 Å². The fourth-order valence-electron chi connectivity index (χ4n) is 2.12. The average Bonchev–Trinajstić information content (AvgIpc) is 2.32. The van der Waals surface area contributed by atoms with Gasteiger partial charge in [-0.05, 0) is 51.1 Å². The molecule has 0 aliphatic carbocycles. The topological polar surface area (TPSA) is 41.1 Å². The van der Waals surface area contributed by atoms with Crippen LogP contribution in [0, 0.1) is 11.6 Å². The van der Waals surface area contributed by atoms with Gasteiger partial charge in [0, 0.05) is 5.54 Å². The molecule has 0 unspecified atom stereocenters. The van der Waals surface area contributed by atoms with Gasteiger partial charge in [-0.3, -0.25) is 4.79 Å². The Kier molecular flexibility index (Phi) is 3.61. The van der Waals surface area contributed by atoms with E-state index in [0.717, 1.165) is 44.1 Å². The number of amides is 1. The predicted molar refractivity (Wildman–Crippen MR) is 64.3 cm³/mol. The van der Waals surface area contributed by atoms with Gasteiger partial charge in [0.25, 0.3) is 5.91 Å². The van der Waals surface area contributed by atoms with E-state index in [1.807, 2.05) is 6.92 Å². The van der Waals surface area contributed by atoms with Crippen molar-refractivity contribution >= 4 is 5.91 Å². The smallest absolute Gasteiger partial charge is 0.254 e. The second-order valence-corrected chi connectivity index (χ2v) is 4.89. The first-order chi connectivity index (χ1) is 8.50. The van der Waals surface area contributed by atoms with Crippen LogP contribution in [0.4, 0.5) is 8.78 Å². The maximum atomic E-state index is 13.5. The zero-order valence-corrected chi connectivity index (χ0v) is 10.2. The standard InChI is InChI=1S/C13H16F2N2O/c1-13(4-6-16-7-5-13)17-12(18)10-8-9(14)2-3-11(10)15/h2-3,8,16H,4-7H2,1H3,(H,17,18). The molecule has 1 fully saturated rings. The van der Waals surface area contributed by atoms with Crippen molar-refractivity contribution in [3.63, 3.8) is 0 Å². The van der Waals surface area contributed by atoms with Gasteiger partial charge >= 0.3 is 0 Å². The largest absolute Gasteiger partial charge is 0.347 e. The minimum absolute atomic E-state index is 0.241. The predicted octanol–water partition coefficient (Wildman–Crippen LogP) is 1.84. The summed E-state index contributed by atoms with van der Waals surface area (Å²) in [6.07, 6.45) is 1.55. The number of nitrogens with one attached hydrogen (secondary N) is 2. The zero-order valence-electron chi connectivity index (χ0n) is 10.2. The van der Waals surface area contributed by atoms with Crippen LogP contribution in [0.2, 0.25) is 0 Å². The van der Waals surface area contributed by atoms with E-state index >= 15 is 0 Å². The normalized spacial score (nSPS) is 18.4. The fraction of sp³-hybridized carbons (Fsp3) is 0.462. The van der Waals surface area contributed by atoms with Crippen LogP contribution in [0.3, 0.4) is 0 Å². The number of benzene rings is 1. The molecule has 1 aromatic carbocycles. The molecule has 1 aliphatic rings. The third-order valence-corrected chi connectivity index (χ3v) is 3.30. The molecule has 3 nitrogen and oxygen atoms in total. The van der Waals surface area contributed by atoms with Crippen molar-refractivity contribution in [2.45, 2.75) is 25.3 Å². The van der Waals surface area contributed by atoms with Crippen LogP contribution in [0.5, 0.6) is 0 Å². The number of piperidine rings is 1. The van der Waals surface area contributed by atoms with E-state index in [-0.39, 0.29) is 11.1 Å². The molecule has 1 aromatic rings. The maximum Gasteiger partial charge on any atom is 0.254 e. The molecule has 0 saturated carbocycles. The molecular formula is C13H16F2N2O. The Bertz CT molecular complexity index is 456. The van der Waals surface area contributed by atoms with Crippen LogP contribution >= 0.6 is 0 Å². The number of carbonyl (C=O) groups is 1. The highest BCUT2D eigenvalue weighted by molar-refractivity contribution is 5.94. The molecule has 0 aromatic heterocycles. The first kappa shape index (κ1) is 13.0. The molecule has 1 saturated heterocycles. The van der Waals surface area contributed by atoms with Gasteiger partial charge in [0.05, 0.1) is 5.56 Å². The fourth-order valence-corrected chi connectivity index (χ4v) is 2.12. The molecule has 1 heterocycles. The molecule has 0 atom stereocenters. The summed E-state index contributed by atoms with van der Waals surface area (Å²) in [7, 11) is 0. The van der Waals surface area contributed by atoms with Crippen LogP contribution < -0.4 is 10.6 Å². The highest BCUT2D eigenvalue weighted by atomic mass is 19.1. The number of halogens is 2. The number of carbonyl (C=O) groups excluding carboxylic acids is 1. The average molecular weight is 254 g/mol. The lowest BCUT2D eigenvalue weighted by molar-refractivity contribution is 0.0883. The molecule has 0 radical (unpaired) electrons. The summed E-state index contributed by atoms with van der Waals surface area (Å²) in [6.45, 7) is 3.54. The van der Waals surface area contributed by atoms with Crippen LogP contribution in [-0.4, -0.2) is 24.5 Å². The lowest BCUT2D eigenvalue weighted by atomic mass is 9.90. The van der Waals surface area contributed by atoms with E-state index in [9.17, 15) is 13.6 Å². The molecule has 0 bridgehead atoms. The van der Waals surface area contributed by atoms with E-state index in [1.54, 1.807) is 0 Å². The molecule has 1 amide bonds. The van der Waals surface area contributed by atoms with Gasteiger partial charge in [-0.15, -0.1) is 0 Å². The van der Waals surface area contributed by atoms with Crippen molar-refractivity contribution in [3.8, 4) is 0 Å². The van der Waals surface area contributed by atoms with Crippen molar-refractivity contribution in [1.82, 2.24) is 10.6 Å². The van der Waals surface area contributed by atoms with Crippen molar-refractivity contribution < 1.29 is 13.6 Å². The van der Waals surface area contributed by atoms with Gasteiger partial charge in [0.15, 0.2) is 0 Å². The first-order valence-electron chi connectivity index (χ1n) is 5.98. The van der Waals surface area contributed by atoms with Crippen molar-refractivity contribution in [2.75, 3.05) is 13.1 Å². The maximum absolute atomic E-state index is 13.5. The molecule has 0 spiro atoms. The first-order valence-corrected chi connectivity index (χ1v) is 5.98. The third-order valence-electron chi connectivity index (χ3n) is 3.30. The van der Waals surface area contributed by atoms with Gasteiger partial charge in [-0.25, -0.2) is 8.78 Å². The van der Waals surface area contributed by atoms with Crippen LogP contribution in [0.25, 0.3) is 0 Å². The van der Waals surface area contributed by atoms with Crippen LogP contribution in [-0.2, 0) is 0 Å². The second-order valence-electron chi connectivity index (χ2n) is 4.89. The Morgan fingerprint density at radius 2 is 2.00 bits per heavy atom. The molecule has 1 aliphatic heterocycles. The number of hydrogen-bond acceptors (Lipinski definition) is 2. The van der Waals surface area contributed by atoms with Crippen molar-refractivity contribution in [1.29, 1.82) is 0 Å². The molecule has 18 heavy (non-hydrogen) atoms. The van der Waals surface area contributed by atoms with E-state index in [1.165, 1.54) is 0 Å². The van der Waals surface area contributed by atoms with Crippen molar-refractivity contribution in [3.05, 3.63) is 35.4 Å². The number of rotatable bonds is 2. The Morgan fingerprint density at radius 1 is 1.33 bits per heavy atom. The molecule has 2 rings (SSSR count). The second kappa shape index (κ2) is 5.02. The van der Waals surface area contributed by atoms with Crippen LogP contribution in [0.15, 0.2) is 18.2 Å². The minimum atomic E-state index is -0.702. The van der Waals surface area contributed by atoms with Gasteiger partial charge in [0.1, 0.15) is 11.6 Å². The Balaban J connectivity index is 2.14. The summed E-state index contributed by atoms with van der Waals surface area (Å²) >= 11 is 0. The lowest BCUT2D eigenvalue weighted by Crippen LogP contribution is -2.52. The molecule has 2 N–H and O–H groups in total. The lowest BCUT2D eigenvalue weighted by Gasteiger charge is -2.35. The quantitative estimate of drug-likeness (QED) is 0.845. The van der Waals surface area contributed by atoms with Gasteiger partial charge in [-0.1, -0.05) is 0 Å². The summed E-state index contributed by atoms with van der Waals surface area (Å²) in [6, 6.07) is 2.89. The summed E-state index contributed by atoms with van der Waals surface area (Å²) in [5, 5.41) is 5.98. The van der Waals surface area contributed by atoms with Crippen molar-refractivity contribution in [2.24, 2.45) is 0 Å². The number of hydrogen-bond donors (Lipinski definition) is 2. The van der Waals surface area contributed by atoms with E-state index < -0.39 is 17.5 Å². The highest BCUT2D eigenvalue weighted by Crippen LogP contribution is 2.19. The summed E-state index contributed by atoms with van der Waals surface area (Å²) < 4.78 is 26.5. The summed E-state index contributed by atoms with van der Waals surface area (Å²) in [5.41, 5.74) is -0.601.